The molecule has 2 aromatic carbocycles. The summed E-state index contributed by atoms with van der Waals surface area (Å²) in [6, 6.07) is 9.74. The highest BCUT2D eigenvalue weighted by Gasteiger charge is 2.22. The first-order valence-corrected chi connectivity index (χ1v) is 9.55. The monoisotopic (exact) mass is 377 g/mol. The van der Waals surface area contributed by atoms with Gasteiger partial charge in [-0.15, -0.1) is 0 Å². The van der Waals surface area contributed by atoms with Crippen LogP contribution in [0.4, 0.5) is 0 Å². The molecule has 0 unspecified atom stereocenters. The first kappa shape index (κ1) is 18.6. The van der Waals surface area contributed by atoms with E-state index >= 15 is 0 Å². The second-order valence-electron chi connectivity index (χ2n) is 7.89. The van der Waals surface area contributed by atoms with E-state index in [0.29, 0.717) is 15.8 Å². The van der Waals surface area contributed by atoms with Crippen LogP contribution in [-0.2, 0) is 12.0 Å². The van der Waals surface area contributed by atoms with Crippen molar-refractivity contribution in [2.75, 3.05) is 13.1 Å². The van der Waals surface area contributed by atoms with Crippen molar-refractivity contribution in [3.63, 3.8) is 0 Å². The van der Waals surface area contributed by atoms with E-state index in [1.807, 2.05) is 12.1 Å². The van der Waals surface area contributed by atoms with Crippen LogP contribution < -0.4 is 0 Å². The lowest BCUT2D eigenvalue weighted by Crippen LogP contribution is -2.19. The average Bonchev–Trinajstić information content (AvgIpc) is 3.04. The van der Waals surface area contributed by atoms with E-state index in [-0.39, 0.29) is 5.41 Å². The maximum atomic E-state index is 11.0. The Morgan fingerprint density at radius 3 is 2.28 bits per heavy atom. The van der Waals surface area contributed by atoms with Gasteiger partial charge in [-0.1, -0.05) is 56.1 Å². The van der Waals surface area contributed by atoms with E-state index in [0.717, 1.165) is 36.3 Å². The third-order valence-corrected chi connectivity index (χ3v) is 5.62. The number of phenolic OH excluding ortho intramolecular Hbond substituents is 1. The van der Waals surface area contributed by atoms with Crippen molar-refractivity contribution in [3.05, 3.63) is 51.5 Å². The van der Waals surface area contributed by atoms with Gasteiger partial charge in [0.25, 0.3) is 0 Å². The van der Waals surface area contributed by atoms with Gasteiger partial charge in [-0.25, -0.2) is 0 Å². The Labute approximate surface area is 160 Å². The van der Waals surface area contributed by atoms with Crippen molar-refractivity contribution in [2.45, 2.75) is 45.6 Å². The Balaban J connectivity index is 2.10. The third-order valence-electron chi connectivity index (χ3n) is 4.88. The lowest BCUT2D eigenvalue weighted by molar-refractivity contribution is 0.324. The molecule has 134 valence electrons. The molecular weight excluding hydrogens is 353 g/mol. The zero-order valence-corrected chi connectivity index (χ0v) is 16.6. The highest BCUT2D eigenvalue weighted by molar-refractivity contribution is 6.42. The van der Waals surface area contributed by atoms with Crippen LogP contribution in [0.15, 0.2) is 30.3 Å². The van der Waals surface area contributed by atoms with Crippen molar-refractivity contribution in [1.29, 1.82) is 0 Å². The number of hydrogen-bond acceptors (Lipinski definition) is 2. The quantitative estimate of drug-likeness (QED) is 0.681. The summed E-state index contributed by atoms with van der Waals surface area (Å²) in [5.74, 6) is 0.346. The first-order valence-electron chi connectivity index (χ1n) is 8.80. The standard InChI is InChI=1S/C21H25Cl2NO/c1-21(2,3)16-10-15(13-24-8-4-5-9-24)20(25)17(12-16)14-6-7-18(22)19(23)11-14/h6-7,10-12,25H,4-5,8-9,13H2,1-3H3. The number of rotatable bonds is 3. The van der Waals surface area contributed by atoms with Crippen molar-refractivity contribution in [2.24, 2.45) is 0 Å². The topological polar surface area (TPSA) is 23.5 Å². The predicted molar refractivity (Wildman–Crippen MR) is 107 cm³/mol. The molecule has 1 aliphatic rings. The molecular formula is C21H25Cl2NO. The van der Waals surface area contributed by atoms with Crippen LogP contribution in [0.25, 0.3) is 11.1 Å². The SMILES string of the molecule is CC(C)(C)c1cc(CN2CCCC2)c(O)c(-c2ccc(Cl)c(Cl)c2)c1. The third kappa shape index (κ3) is 4.13. The van der Waals surface area contributed by atoms with E-state index in [2.05, 4.69) is 37.8 Å². The van der Waals surface area contributed by atoms with E-state index < -0.39 is 0 Å². The molecule has 1 N–H and O–H groups in total. The molecule has 0 saturated carbocycles. The van der Waals surface area contributed by atoms with Gasteiger partial charge in [-0.05, 0) is 60.7 Å². The number of phenols is 1. The fourth-order valence-corrected chi connectivity index (χ4v) is 3.61. The average molecular weight is 378 g/mol. The number of nitrogens with zero attached hydrogens (tertiary/aromatic N) is 1. The summed E-state index contributed by atoms with van der Waals surface area (Å²) >= 11 is 12.3. The van der Waals surface area contributed by atoms with Crippen LogP contribution in [0.3, 0.4) is 0 Å². The highest BCUT2D eigenvalue weighted by Crippen LogP contribution is 2.39. The van der Waals surface area contributed by atoms with Gasteiger partial charge in [0.2, 0.25) is 0 Å². The van der Waals surface area contributed by atoms with Gasteiger partial charge in [-0.3, -0.25) is 4.90 Å². The van der Waals surface area contributed by atoms with Gasteiger partial charge >= 0.3 is 0 Å². The van der Waals surface area contributed by atoms with Crippen LogP contribution in [-0.4, -0.2) is 23.1 Å². The number of aromatic hydroxyl groups is 1. The molecule has 25 heavy (non-hydrogen) atoms. The maximum Gasteiger partial charge on any atom is 0.127 e. The minimum atomic E-state index is -0.00156. The first-order chi connectivity index (χ1) is 11.8. The Kier molecular flexibility index (Phi) is 5.34. The van der Waals surface area contributed by atoms with Gasteiger partial charge in [0.15, 0.2) is 0 Å². The molecule has 2 nitrogen and oxygen atoms in total. The molecule has 2 aromatic rings. The Morgan fingerprint density at radius 1 is 1.00 bits per heavy atom. The molecule has 0 aliphatic carbocycles. The molecule has 0 radical (unpaired) electrons. The Bertz CT molecular complexity index is 774. The van der Waals surface area contributed by atoms with Crippen LogP contribution in [0.2, 0.25) is 10.0 Å². The minimum absolute atomic E-state index is 0.00156. The zero-order chi connectivity index (χ0) is 18.2. The minimum Gasteiger partial charge on any atom is -0.507 e. The van der Waals surface area contributed by atoms with Crippen LogP contribution in [0, 0.1) is 0 Å². The molecule has 1 fully saturated rings. The van der Waals surface area contributed by atoms with Gasteiger partial charge in [0.1, 0.15) is 5.75 Å². The lowest BCUT2D eigenvalue weighted by atomic mass is 9.83. The number of benzene rings is 2. The molecule has 0 atom stereocenters. The molecule has 0 aromatic heterocycles. The molecule has 0 spiro atoms. The van der Waals surface area contributed by atoms with Gasteiger partial charge in [0, 0.05) is 17.7 Å². The fraction of sp³-hybridized carbons (Fsp3) is 0.429. The van der Waals surface area contributed by atoms with E-state index in [9.17, 15) is 5.11 Å². The molecule has 1 aliphatic heterocycles. The largest absolute Gasteiger partial charge is 0.507 e. The summed E-state index contributed by atoms with van der Waals surface area (Å²) in [6.07, 6.45) is 2.47. The maximum absolute atomic E-state index is 11.0. The van der Waals surface area contributed by atoms with Gasteiger partial charge in [0.05, 0.1) is 10.0 Å². The molecule has 0 bridgehead atoms. The summed E-state index contributed by atoms with van der Waals surface area (Å²) in [7, 11) is 0. The van der Waals surface area contributed by atoms with Crippen LogP contribution in [0.5, 0.6) is 5.75 Å². The summed E-state index contributed by atoms with van der Waals surface area (Å²) in [4.78, 5) is 2.40. The normalized spacial score (nSPS) is 15.7. The Hall–Kier alpha value is -1.22. The summed E-state index contributed by atoms with van der Waals surface area (Å²) in [6.45, 7) is 9.56. The number of likely N-dealkylation sites (tertiary alicyclic amines) is 1. The highest BCUT2D eigenvalue weighted by atomic mass is 35.5. The second kappa shape index (κ2) is 7.19. The van der Waals surface area contributed by atoms with Crippen molar-refractivity contribution in [3.8, 4) is 16.9 Å². The summed E-state index contributed by atoms with van der Waals surface area (Å²) < 4.78 is 0. The van der Waals surface area contributed by atoms with E-state index in [1.165, 1.54) is 18.4 Å². The van der Waals surface area contributed by atoms with E-state index in [4.69, 9.17) is 23.2 Å². The molecule has 0 amide bonds. The lowest BCUT2D eigenvalue weighted by Gasteiger charge is -2.24. The summed E-state index contributed by atoms with van der Waals surface area (Å²) in [5.41, 5.74) is 3.90. The van der Waals surface area contributed by atoms with Gasteiger partial charge < -0.3 is 5.11 Å². The van der Waals surface area contributed by atoms with Crippen LogP contribution >= 0.6 is 23.2 Å². The fourth-order valence-electron chi connectivity index (χ4n) is 3.31. The molecule has 3 rings (SSSR count). The Morgan fingerprint density at radius 2 is 1.68 bits per heavy atom. The van der Waals surface area contributed by atoms with E-state index in [1.54, 1.807) is 6.07 Å². The zero-order valence-electron chi connectivity index (χ0n) is 15.1. The second-order valence-corrected chi connectivity index (χ2v) is 8.71. The van der Waals surface area contributed by atoms with Crippen molar-refractivity contribution >= 4 is 23.2 Å². The van der Waals surface area contributed by atoms with Crippen molar-refractivity contribution in [1.82, 2.24) is 4.90 Å². The predicted octanol–water partition coefficient (Wildman–Crippen LogP) is 6.26. The number of halogens is 2. The van der Waals surface area contributed by atoms with Crippen LogP contribution in [0.1, 0.15) is 44.7 Å². The molecule has 1 saturated heterocycles. The summed E-state index contributed by atoms with van der Waals surface area (Å²) in [5, 5.41) is 12.0. The number of hydrogen-bond donors (Lipinski definition) is 1. The molecule has 1 heterocycles. The molecule has 4 heteroatoms. The van der Waals surface area contributed by atoms with Gasteiger partial charge in [-0.2, -0.15) is 0 Å². The van der Waals surface area contributed by atoms with Crippen molar-refractivity contribution < 1.29 is 5.11 Å². The smallest absolute Gasteiger partial charge is 0.127 e.